The van der Waals surface area contributed by atoms with E-state index in [2.05, 4.69) is 35.8 Å². The lowest BCUT2D eigenvalue weighted by molar-refractivity contribution is -0.122. The molecule has 0 bridgehead atoms. The van der Waals surface area contributed by atoms with Crippen molar-refractivity contribution in [1.82, 2.24) is 10.6 Å². The number of aliphatic hydroxyl groups is 1. The van der Waals surface area contributed by atoms with Crippen LogP contribution in [0, 0.1) is 11.6 Å². The zero-order chi connectivity index (χ0) is 28.6. The molecule has 3 aromatic carbocycles. The number of carbonyl (C=O) groups excluding carboxylic acids is 1. The van der Waals surface area contributed by atoms with Crippen LogP contribution in [0.5, 0.6) is 11.5 Å². The molecule has 1 amide bonds. The lowest BCUT2D eigenvalue weighted by Crippen LogP contribution is -2.49. The summed E-state index contributed by atoms with van der Waals surface area (Å²) in [4.78, 5) is 13.1. The Hall–Kier alpha value is -3.49. The molecule has 8 heteroatoms. The fourth-order valence-corrected chi connectivity index (χ4v) is 5.36. The van der Waals surface area contributed by atoms with Gasteiger partial charge in [0, 0.05) is 24.7 Å². The number of aryl methyl sites for hydroxylation is 2. The van der Waals surface area contributed by atoms with Crippen LogP contribution in [0.1, 0.15) is 53.6 Å². The van der Waals surface area contributed by atoms with E-state index >= 15 is 0 Å². The van der Waals surface area contributed by atoms with Crippen LogP contribution in [-0.2, 0) is 30.5 Å². The highest BCUT2D eigenvalue weighted by Crippen LogP contribution is 2.31. The number of carbonyl (C=O) groups is 1. The van der Waals surface area contributed by atoms with Crippen LogP contribution in [0.4, 0.5) is 8.78 Å². The number of hydrogen-bond donors (Lipinski definition) is 3. The first-order valence-corrected chi connectivity index (χ1v) is 13.8. The highest BCUT2D eigenvalue weighted by molar-refractivity contribution is 5.79. The summed E-state index contributed by atoms with van der Waals surface area (Å²) in [5.74, 6) is -0.649. The Bertz CT molecular complexity index is 1270. The molecule has 1 aliphatic carbocycles. The third-order valence-electron chi connectivity index (χ3n) is 7.47. The number of rotatable bonds is 12. The van der Waals surface area contributed by atoms with Crippen molar-refractivity contribution in [1.29, 1.82) is 0 Å². The van der Waals surface area contributed by atoms with Crippen molar-refractivity contribution < 1.29 is 28.2 Å². The Kier molecular flexibility index (Phi) is 10.1. The summed E-state index contributed by atoms with van der Waals surface area (Å²) in [6, 6.07) is 14.3. The number of ether oxygens (including phenoxy) is 2. The molecular weight excluding hydrogens is 514 g/mol. The molecule has 0 saturated carbocycles. The van der Waals surface area contributed by atoms with Crippen LogP contribution in [-0.4, -0.2) is 43.9 Å². The first-order chi connectivity index (χ1) is 19.3. The molecule has 214 valence electrons. The zero-order valence-corrected chi connectivity index (χ0v) is 23.3. The summed E-state index contributed by atoms with van der Waals surface area (Å²) >= 11 is 0. The van der Waals surface area contributed by atoms with Crippen molar-refractivity contribution in [3.63, 3.8) is 0 Å². The summed E-state index contributed by atoms with van der Waals surface area (Å²) in [6.07, 6.45) is 3.02. The Morgan fingerprint density at radius 3 is 2.33 bits per heavy atom. The minimum absolute atomic E-state index is 0.0114. The summed E-state index contributed by atoms with van der Waals surface area (Å²) in [6.45, 7) is 2.33. The van der Waals surface area contributed by atoms with Gasteiger partial charge in [0.05, 0.1) is 32.8 Å². The molecule has 3 aromatic rings. The van der Waals surface area contributed by atoms with Gasteiger partial charge in [-0.1, -0.05) is 25.1 Å². The van der Waals surface area contributed by atoms with Crippen LogP contribution in [0.2, 0.25) is 0 Å². The quantitative estimate of drug-likeness (QED) is 0.300. The standard InChI is InChI=1S/C32H38F2N2O4/c1-4-20-8-9-23-6-5-7-29(28(23)14-20)35-19-31(37)30(15-21-10-24(33)17-25(34)11-21)36-32(38)16-22-12-26(39-2)18-27(13-22)40-3/h8-14,17-18,29-31,35,37H,4-7,15-16,19H2,1-3H3,(H,36,38)/t29-,30+,31+/m1/s1. The molecule has 0 spiro atoms. The molecule has 0 heterocycles. The zero-order valence-electron chi connectivity index (χ0n) is 23.3. The van der Waals surface area contributed by atoms with Crippen molar-refractivity contribution >= 4 is 5.91 Å². The smallest absolute Gasteiger partial charge is 0.224 e. The number of methoxy groups -OCH3 is 2. The Morgan fingerprint density at radius 2 is 1.68 bits per heavy atom. The van der Waals surface area contributed by atoms with E-state index in [4.69, 9.17) is 9.47 Å². The average Bonchev–Trinajstić information content (AvgIpc) is 2.94. The molecule has 6 nitrogen and oxygen atoms in total. The van der Waals surface area contributed by atoms with Gasteiger partial charge < -0.3 is 25.2 Å². The maximum Gasteiger partial charge on any atom is 0.224 e. The van der Waals surface area contributed by atoms with E-state index in [1.54, 1.807) is 18.2 Å². The van der Waals surface area contributed by atoms with Crippen LogP contribution in [0.15, 0.2) is 54.6 Å². The predicted molar refractivity (Wildman–Crippen MR) is 151 cm³/mol. The van der Waals surface area contributed by atoms with Crippen LogP contribution < -0.4 is 20.1 Å². The highest BCUT2D eigenvalue weighted by atomic mass is 19.1. The van der Waals surface area contributed by atoms with Gasteiger partial charge in [-0.3, -0.25) is 4.79 Å². The lowest BCUT2D eigenvalue weighted by atomic mass is 9.86. The van der Waals surface area contributed by atoms with Crippen molar-refractivity contribution in [2.24, 2.45) is 0 Å². The van der Waals surface area contributed by atoms with Crippen LogP contribution >= 0.6 is 0 Å². The molecule has 40 heavy (non-hydrogen) atoms. The summed E-state index contributed by atoms with van der Waals surface area (Å²) < 4.78 is 38.5. The average molecular weight is 553 g/mol. The van der Waals surface area contributed by atoms with E-state index in [0.29, 0.717) is 22.6 Å². The molecule has 0 fully saturated rings. The van der Waals surface area contributed by atoms with Gasteiger partial charge in [-0.25, -0.2) is 8.78 Å². The van der Waals surface area contributed by atoms with Crippen molar-refractivity contribution in [2.75, 3.05) is 20.8 Å². The van der Waals surface area contributed by atoms with E-state index < -0.39 is 23.8 Å². The number of amides is 1. The van der Waals surface area contributed by atoms with Gasteiger partial charge in [0.1, 0.15) is 23.1 Å². The minimum Gasteiger partial charge on any atom is -0.497 e. The van der Waals surface area contributed by atoms with E-state index in [1.807, 2.05) is 0 Å². The highest BCUT2D eigenvalue weighted by Gasteiger charge is 2.26. The molecular formula is C32H38F2N2O4. The maximum atomic E-state index is 13.9. The molecule has 0 saturated heterocycles. The van der Waals surface area contributed by atoms with Gasteiger partial charge in [0.15, 0.2) is 0 Å². The molecule has 4 rings (SSSR count). The van der Waals surface area contributed by atoms with Gasteiger partial charge in [-0.2, -0.15) is 0 Å². The van der Waals surface area contributed by atoms with Gasteiger partial charge >= 0.3 is 0 Å². The lowest BCUT2D eigenvalue weighted by Gasteiger charge is -2.30. The first kappa shape index (κ1) is 29.5. The second-order valence-corrected chi connectivity index (χ2v) is 10.4. The number of halogens is 2. The molecule has 3 atom stereocenters. The Labute approximate surface area is 234 Å². The largest absolute Gasteiger partial charge is 0.497 e. The normalized spacial score (nSPS) is 16.1. The molecule has 0 aromatic heterocycles. The third kappa shape index (κ3) is 7.79. The van der Waals surface area contributed by atoms with Gasteiger partial charge in [0.2, 0.25) is 5.91 Å². The number of hydrogen-bond acceptors (Lipinski definition) is 5. The van der Waals surface area contributed by atoms with Crippen LogP contribution in [0.25, 0.3) is 0 Å². The van der Waals surface area contributed by atoms with Gasteiger partial charge in [-0.05, 0) is 84.2 Å². The number of fused-ring (bicyclic) bond motifs is 1. The van der Waals surface area contributed by atoms with E-state index in [-0.39, 0.29) is 31.3 Å². The Balaban J connectivity index is 1.49. The monoisotopic (exact) mass is 552 g/mol. The summed E-state index contributed by atoms with van der Waals surface area (Å²) in [5.41, 5.74) is 4.84. The van der Waals surface area contributed by atoms with Crippen molar-refractivity contribution in [3.8, 4) is 11.5 Å². The maximum absolute atomic E-state index is 13.9. The van der Waals surface area contributed by atoms with E-state index in [0.717, 1.165) is 31.7 Å². The molecule has 0 aliphatic heterocycles. The van der Waals surface area contributed by atoms with E-state index in [1.165, 1.54) is 43.0 Å². The second-order valence-electron chi connectivity index (χ2n) is 10.4. The topological polar surface area (TPSA) is 79.8 Å². The van der Waals surface area contributed by atoms with Gasteiger partial charge in [0.25, 0.3) is 0 Å². The number of benzene rings is 3. The second kappa shape index (κ2) is 13.7. The van der Waals surface area contributed by atoms with Gasteiger partial charge in [-0.15, -0.1) is 0 Å². The van der Waals surface area contributed by atoms with Crippen molar-refractivity contribution in [3.05, 3.63) is 94.0 Å². The Morgan fingerprint density at radius 1 is 0.975 bits per heavy atom. The molecule has 3 N–H and O–H groups in total. The first-order valence-electron chi connectivity index (χ1n) is 13.8. The fourth-order valence-electron chi connectivity index (χ4n) is 5.36. The number of aliphatic hydroxyl groups excluding tert-OH is 1. The molecule has 0 radical (unpaired) electrons. The third-order valence-corrected chi connectivity index (χ3v) is 7.47. The molecule has 1 aliphatic rings. The van der Waals surface area contributed by atoms with E-state index in [9.17, 15) is 18.7 Å². The summed E-state index contributed by atoms with van der Waals surface area (Å²) in [7, 11) is 3.06. The summed E-state index contributed by atoms with van der Waals surface area (Å²) in [5, 5.41) is 17.6. The minimum atomic E-state index is -1.00. The number of nitrogens with one attached hydrogen (secondary N) is 2. The molecule has 0 unspecified atom stereocenters. The van der Waals surface area contributed by atoms with Crippen LogP contribution in [0.3, 0.4) is 0 Å². The fraction of sp³-hybridized carbons (Fsp3) is 0.406. The SMILES string of the molecule is CCc1ccc2c(c1)[C@H](NC[C@H](O)[C@H](Cc1cc(F)cc(F)c1)NC(=O)Cc1cc(OC)cc(OC)c1)CCC2. The van der Waals surface area contributed by atoms with Crippen molar-refractivity contribution in [2.45, 2.75) is 63.6 Å². The predicted octanol–water partition coefficient (Wildman–Crippen LogP) is 4.84.